The molecule has 0 N–H and O–H groups in total. The first-order valence-corrected chi connectivity index (χ1v) is 11.5. The topological polar surface area (TPSA) is 74.2 Å². The van der Waals surface area contributed by atoms with Gasteiger partial charge in [0.2, 0.25) is 11.6 Å². The fraction of sp³-hybridized carbons (Fsp3) is 0.269. The van der Waals surface area contributed by atoms with Gasteiger partial charge in [0.1, 0.15) is 0 Å². The van der Waals surface area contributed by atoms with E-state index in [4.69, 9.17) is 11.6 Å². The van der Waals surface area contributed by atoms with Gasteiger partial charge in [-0.1, -0.05) is 23.2 Å². The number of fused-ring (bicyclic) bond motifs is 2. The number of halogens is 1. The maximum atomic E-state index is 12.9. The zero-order valence-corrected chi connectivity index (χ0v) is 18.9. The quantitative estimate of drug-likeness (QED) is 0.434. The summed E-state index contributed by atoms with van der Waals surface area (Å²) < 4.78 is 1.69. The number of likely N-dealkylation sites (tertiary alicyclic amines) is 1. The fourth-order valence-electron chi connectivity index (χ4n) is 4.94. The average Bonchev–Trinajstić information content (AvgIpc) is 2.97. The molecule has 0 atom stereocenters. The van der Waals surface area contributed by atoms with Crippen molar-refractivity contribution < 1.29 is 14.3 Å². The van der Waals surface area contributed by atoms with Gasteiger partial charge >= 0.3 is 0 Å². The lowest BCUT2D eigenvalue weighted by Crippen LogP contribution is -2.38. The van der Waals surface area contributed by atoms with Crippen molar-refractivity contribution in [3.8, 4) is 0 Å². The molecule has 2 aliphatic rings. The Bertz CT molecular complexity index is 1260. The number of rotatable bonds is 2. The molecule has 3 heterocycles. The van der Waals surface area contributed by atoms with Crippen LogP contribution in [0.1, 0.15) is 40.8 Å². The number of hydrogen-bond acceptors (Lipinski definition) is 3. The van der Waals surface area contributed by atoms with Crippen LogP contribution in [0.5, 0.6) is 0 Å². The van der Waals surface area contributed by atoms with Crippen LogP contribution in [0.15, 0.2) is 66.6 Å². The lowest BCUT2D eigenvalue weighted by atomic mass is 9.88. The molecule has 5 rings (SSSR count). The second kappa shape index (κ2) is 8.87. The van der Waals surface area contributed by atoms with Crippen LogP contribution in [0.3, 0.4) is 0 Å². The first-order valence-electron chi connectivity index (χ1n) is 11.2. The van der Waals surface area contributed by atoms with Gasteiger partial charge in [0.15, 0.2) is 18.6 Å². The monoisotopic (exact) mass is 461 g/mol. The Labute approximate surface area is 197 Å². The molecule has 1 aliphatic carbocycles. The molecule has 0 saturated carbocycles. The van der Waals surface area contributed by atoms with Crippen molar-refractivity contribution in [1.29, 1.82) is 0 Å². The maximum Gasteiger partial charge on any atom is 0.227 e. The van der Waals surface area contributed by atoms with Crippen molar-refractivity contribution in [2.45, 2.75) is 32.1 Å². The van der Waals surface area contributed by atoms with Gasteiger partial charge in [0, 0.05) is 41.4 Å². The summed E-state index contributed by atoms with van der Waals surface area (Å²) in [6.07, 6.45) is 7.62. The van der Waals surface area contributed by atoms with Gasteiger partial charge in [-0.25, -0.2) is 0 Å². The average molecular weight is 462 g/mol. The third-order valence-corrected chi connectivity index (χ3v) is 6.78. The van der Waals surface area contributed by atoms with Crippen LogP contribution in [0.2, 0.25) is 5.02 Å². The number of aromatic nitrogens is 2. The summed E-state index contributed by atoms with van der Waals surface area (Å²) in [7, 11) is 0. The Balaban J connectivity index is 1.46. The van der Waals surface area contributed by atoms with Gasteiger partial charge in [-0.3, -0.25) is 4.79 Å². The molecule has 33 heavy (non-hydrogen) atoms. The minimum atomic E-state index is 0.0117. The number of amides is 1. The predicted octanol–water partition coefficient (Wildman–Crippen LogP) is 3.37. The number of nitrogens with zero attached hydrogens (tertiary/aromatic N) is 3. The maximum absolute atomic E-state index is 12.9. The van der Waals surface area contributed by atoms with E-state index in [1.807, 2.05) is 29.2 Å². The van der Waals surface area contributed by atoms with E-state index in [0.29, 0.717) is 41.2 Å². The van der Waals surface area contributed by atoms with Crippen molar-refractivity contribution in [2.75, 3.05) is 13.1 Å². The number of benzene rings is 1. The lowest BCUT2D eigenvalue weighted by molar-refractivity contribution is -0.608. The van der Waals surface area contributed by atoms with Crippen LogP contribution >= 0.6 is 11.6 Å². The lowest BCUT2D eigenvalue weighted by Gasteiger charge is -2.30. The Hall–Kier alpha value is -3.38. The first kappa shape index (κ1) is 21.5. The molecule has 1 aliphatic heterocycles. The van der Waals surface area contributed by atoms with Crippen LogP contribution in [-0.4, -0.2) is 23.9 Å². The SMILES string of the molecule is O=C(Cc1ccc[n+]([O-])c1)N1CCC(=C2c3ccc(Cl)cc3CCc3ccc[n+]([O-])c32)CC1. The van der Waals surface area contributed by atoms with Crippen molar-refractivity contribution in [3.05, 3.63) is 110 Å². The summed E-state index contributed by atoms with van der Waals surface area (Å²) in [4.78, 5) is 14.7. The van der Waals surface area contributed by atoms with Crippen LogP contribution in [-0.2, 0) is 24.1 Å². The van der Waals surface area contributed by atoms with E-state index < -0.39 is 0 Å². The number of carbonyl (C=O) groups is 1. The highest BCUT2D eigenvalue weighted by molar-refractivity contribution is 6.30. The zero-order valence-electron chi connectivity index (χ0n) is 18.2. The molecule has 1 fully saturated rings. The molecule has 2 aromatic heterocycles. The largest absolute Gasteiger partial charge is 0.619 e. The molecule has 0 unspecified atom stereocenters. The highest BCUT2D eigenvalue weighted by Gasteiger charge is 2.30. The molecule has 3 aromatic rings. The second-order valence-corrected chi connectivity index (χ2v) is 9.05. The number of hydrogen-bond donors (Lipinski definition) is 0. The van der Waals surface area contributed by atoms with Crippen molar-refractivity contribution in [1.82, 2.24) is 4.90 Å². The first-order chi connectivity index (χ1) is 16.0. The summed E-state index contributed by atoms with van der Waals surface area (Å²) in [5.74, 6) is 0.0117. The third-order valence-electron chi connectivity index (χ3n) is 6.55. The Morgan fingerprint density at radius 1 is 0.970 bits per heavy atom. The zero-order chi connectivity index (χ0) is 22.9. The smallest absolute Gasteiger partial charge is 0.227 e. The summed E-state index contributed by atoms with van der Waals surface area (Å²) in [5, 5.41) is 25.1. The highest BCUT2D eigenvalue weighted by Crippen LogP contribution is 2.38. The van der Waals surface area contributed by atoms with Crippen molar-refractivity contribution in [2.24, 2.45) is 0 Å². The number of carbonyl (C=O) groups excluding carboxylic acids is 1. The molecule has 168 valence electrons. The Morgan fingerprint density at radius 2 is 1.73 bits per heavy atom. The van der Waals surface area contributed by atoms with Crippen molar-refractivity contribution >= 4 is 23.1 Å². The molecule has 7 heteroatoms. The Morgan fingerprint density at radius 3 is 2.52 bits per heavy atom. The van der Waals surface area contributed by atoms with Crippen LogP contribution in [0.4, 0.5) is 0 Å². The van der Waals surface area contributed by atoms with Crippen molar-refractivity contribution in [3.63, 3.8) is 0 Å². The normalized spacial score (nSPS) is 15.6. The van der Waals surface area contributed by atoms with Gasteiger partial charge in [-0.05, 0) is 61.1 Å². The van der Waals surface area contributed by atoms with Gasteiger partial charge in [0.25, 0.3) is 0 Å². The predicted molar refractivity (Wildman–Crippen MR) is 125 cm³/mol. The standard InChI is InChI=1S/C26H24ClN3O3/c27-22-7-8-23-21(16-22)6-5-20-4-2-12-30(33)26(20)25(23)19-9-13-28(14-10-19)24(31)15-18-3-1-11-29(32)17-18/h1-4,7-8,11-12,16-17H,5-6,9-10,13-15H2. The summed E-state index contributed by atoms with van der Waals surface area (Å²) >= 11 is 6.29. The van der Waals surface area contributed by atoms with E-state index in [1.165, 1.54) is 18.0 Å². The summed E-state index contributed by atoms with van der Waals surface area (Å²) in [6, 6.07) is 13.2. The van der Waals surface area contributed by atoms with Gasteiger partial charge in [-0.15, -0.1) is 0 Å². The van der Waals surface area contributed by atoms with Crippen LogP contribution < -0.4 is 9.46 Å². The molecule has 0 spiro atoms. The van der Waals surface area contributed by atoms with Crippen LogP contribution in [0, 0.1) is 10.4 Å². The highest BCUT2D eigenvalue weighted by atomic mass is 35.5. The minimum absolute atomic E-state index is 0.0117. The molecule has 1 saturated heterocycles. The second-order valence-electron chi connectivity index (χ2n) is 8.62. The molecule has 1 aromatic carbocycles. The molecular formula is C26H24ClN3O3. The molecule has 1 amide bonds. The number of aryl methyl sites for hydroxylation is 2. The molecule has 0 bridgehead atoms. The van der Waals surface area contributed by atoms with E-state index in [9.17, 15) is 15.2 Å². The molecule has 6 nitrogen and oxygen atoms in total. The van der Waals surface area contributed by atoms with Gasteiger partial charge in [0.05, 0.1) is 12.0 Å². The third kappa shape index (κ3) is 4.31. The number of pyridine rings is 2. The summed E-state index contributed by atoms with van der Waals surface area (Å²) in [6.45, 7) is 1.18. The van der Waals surface area contributed by atoms with E-state index in [2.05, 4.69) is 0 Å². The minimum Gasteiger partial charge on any atom is -0.619 e. The molecular weight excluding hydrogens is 438 g/mol. The van der Waals surface area contributed by atoms with Gasteiger partial charge < -0.3 is 15.3 Å². The van der Waals surface area contributed by atoms with E-state index in [0.717, 1.165) is 45.5 Å². The summed E-state index contributed by atoms with van der Waals surface area (Å²) in [5.41, 5.74) is 6.86. The van der Waals surface area contributed by atoms with Gasteiger partial charge in [-0.2, -0.15) is 9.46 Å². The molecule has 0 radical (unpaired) electrons. The van der Waals surface area contributed by atoms with E-state index in [-0.39, 0.29) is 12.3 Å². The number of piperidine rings is 1. The van der Waals surface area contributed by atoms with E-state index in [1.54, 1.807) is 24.4 Å². The van der Waals surface area contributed by atoms with Crippen LogP contribution in [0.25, 0.3) is 5.57 Å². The Kier molecular flexibility index (Phi) is 5.77. The fourth-order valence-corrected chi connectivity index (χ4v) is 5.14. The van der Waals surface area contributed by atoms with E-state index >= 15 is 0 Å².